The molecule has 21 heavy (non-hydrogen) atoms. The Morgan fingerprint density at radius 2 is 1.90 bits per heavy atom. The monoisotopic (exact) mass is 290 g/mol. The summed E-state index contributed by atoms with van der Waals surface area (Å²) in [7, 11) is 0. The van der Waals surface area contributed by atoms with E-state index in [4.69, 9.17) is 4.74 Å². The van der Waals surface area contributed by atoms with Gasteiger partial charge in [-0.15, -0.1) is 0 Å². The smallest absolute Gasteiger partial charge is 0.419 e. The first-order valence-electron chi connectivity index (χ1n) is 6.32. The van der Waals surface area contributed by atoms with Crippen LogP contribution in [0.15, 0.2) is 36.7 Å². The van der Waals surface area contributed by atoms with E-state index in [1.807, 2.05) is 0 Å². The van der Waals surface area contributed by atoms with Crippen LogP contribution in [0.2, 0.25) is 0 Å². The lowest BCUT2D eigenvalue weighted by atomic mass is 10.2. The zero-order valence-corrected chi connectivity index (χ0v) is 12.2. The highest BCUT2D eigenvalue weighted by atomic mass is 16.6. The van der Waals surface area contributed by atoms with E-state index >= 15 is 0 Å². The number of aromatic nitrogens is 2. The predicted octanol–water partition coefficient (Wildman–Crippen LogP) is 2.91. The molecular weight excluding hydrogens is 272 g/mol. The molecule has 0 unspecified atom stereocenters. The summed E-state index contributed by atoms with van der Waals surface area (Å²) in [5.41, 5.74) is 0.362. The summed E-state index contributed by atoms with van der Waals surface area (Å²) in [4.78, 5) is 34.6. The third kappa shape index (κ3) is 5.48. The Bertz CT molecular complexity index is 591. The predicted molar refractivity (Wildman–Crippen MR) is 77.6 cm³/mol. The Morgan fingerprint density at radius 3 is 2.33 bits per heavy atom. The summed E-state index contributed by atoms with van der Waals surface area (Å²) in [6.07, 6.45) is 4.07. The standard InChI is InChI=1S/C10H13NO3.C5H5NO/c1-10(2,3)14-9(13)11-6-4-5-8(11)7-12;7-4-5-2-1-3-6-5/h4-7H,1-3H3;1-4,6H. The van der Waals surface area contributed by atoms with Crippen LogP contribution >= 0.6 is 0 Å². The van der Waals surface area contributed by atoms with Crippen molar-refractivity contribution in [2.75, 3.05) is 0 Å². The molecule has 0 amide bonds. The van der Waals surface area contributed by atoms with E-state index in [0.717, 1.165) is 6.29 Å². The zero-order valence-electron chi connectivity index (χ0n) is 12.2. The number of H-pyrrole nitrogens is 1. The minimum atomic E-state index is -0.554. The highest BCUT2D eigenvalue weighted by Crippen LogP contribution is 2.10. The Hall–Kier alpha value is -2.63. The van der Waals surface area contributed by atoms with Gasteiger partial charge in [-0.1, -0.05) is 0 Å². The van der Waals surface area contributed by atoms with Crippen LogP contribution < -0.4 is 0 Å². The number of aldehydes is 2. The second-order valence-electron chi connectivity index (χ2n) is 5.14. The van der Waals surface area contributed by atoms with E-state index in [-0.39, 0.29) is 0 Å². The van der Waals surface area contributed by atoms with Crippen LogP contribution in [0.4, 0.5) is 4.79 Å². The van der Waals surface area contributed by atoms with E-state index < -0.39 is 11.7 Å². The normalized spacial score (nSPS) is 10.2. The Balaban J connectivity index is 0.000000262. The molecule has 0 bridgehead atoms. The molecule has 0 aromatic carbocycles. The van der Waals surface area contributed by atoms with Gasteiger partial charge in [0.15, 0.2) is 12.6 Å². The van der Waals surface area contributed by atoms with Crippen molar-refractivity contribution in [2.24, 2.45) is 0 Å². The highest BCUT2D eigenvalue weighted by molar-refractivity contribution is 5.82. The van der Waals surface area contributed by atoms with Gasteiger partial charge in [0.1, 0.15) is 5.60 Å². The van der Waals surface area contributed by atoms with Crippen LogP contribution in [0, 0.1) is 0 Å². The molecule has 1 N–H and O–H groups in total. The SMILES string of the molecule is CC(C)(C)OC(=O)n1cccc1C=O.O=Cc1ccc[nH]1. The van der Waals surface area contributed by atoms with E-state index in [1.165, 1.54) is 10.8 Å². The lowest BCUT2D eigenvalue weighted by molar-refractivity contribution is 0.0531. The van der Waals surface area contributed by atoms with Crippen molar-refractivity contribution >= 4 is 18.7 Å². The summed E-state index contributed by atoms with van der Waals surface area (Å²) in [5.74, 6) is 0. The summed E-state index contributed by atoms with van der Waals surface area (Å²) in [6.45, 7) is 5.32. The van der Waals surface area contributed by atoms with Gasteiger partial charge in [0.2, 0.25) is 0 Å². The maximum Gasteiger partial charge on any atom is 0.419 e. The fourth-order valence-corrected chi connectivity index (χ4v) is 1.39. The van der Waals surface area contributed by atoms with Crippen LogP contribution in [0.5, 0.6) is 0 Å². The molecule has 0 atom stereocenters. The molecule has 0 fully saturated rings. The second kappa shape index (κ2) is 7.23. The first kappa shape index (κ1) is 16.4. The molecule has 0 aliphatic carbocycles. The first-order valence-corrected chi connectivity index (χ1v) is 6.32. The minimum Gasteiger partial charge on any atom is -0.443 e. The molecule has 2 heterocycles. The zero-order chi connectivity index (χ0) is 15.9. The molecular formula is C15H18N2O4. The number of carbonyl (C=O) groups is 3. The Labute approximate surface area is 122 Å². The van der Waals surface area contributed by atoms with Gasteiger partial charge in [-0.05, 0) is 45.0 Å². The van der Waals surface area contributed by atoms with Crippen molar-refractivity contribution in [1.82, 2.24) is 9.55 Å². The maximum atomic E-state index is 11.5. The number of hydrogen-bond acceptors (Lipinski definition) is 4. The van der Waals surface area contributed by atoms with Crippen LogP contribution in [0.25, 0.3) is 0 Å². The molecule has 2 aromatic rings. The van der Waals surface area contributed by atoms with E-state index in [2.05, 4.69) is 4.98 Å². The third-order valence-corrected chi connectivity index (χ3v) is 2.24. The molecule has 0 saturated carbocycles. The fourth-order valence-electron chi connectivity index (χ4n) is 1.39. The number of hydrogen-bond donors (Lipinski definition) is 1. The number of carbonyl (C=O) groups excluding carboxylic acids is 3. The molecule has 2 aromatic heterocycles. The largest absolute Gasteiger partial charge is 0.443 e. The molecule has 0 saturated heterocycles. The molecule has 0 radical (unpaired) electrons. The topological polar surface area (TPSA) is 81.2 Å². The van der Waals surface area contributed by atoms with Crippen molar-refractivity contribution < 1.29 is 19.1 Å². The quantitative estimate of drug-likeness (QED) is 0.862. The lowest BCUT2D eigenvalue weighted by Gasteiger charge is -2.19. The Kier molecular flexibility index (Phi) is 5.66. The van der Waals surface area contributed by atoms with Gasteiger partial charge in [-0.25, -0.2) is 9.36 Å². The van der Waals surface area contributed by atoms with Crippen molar-refractivity contribution in [3.8, 4) is 0 Å². The molecule has 6 nitrogen and oxygen atoms in total. The number of nitrogens with zero attached hydrogens (tertiary/aromatic N) is 1. The number of rotatable bonds is 2. The van der Waals surface area contributed by atoms with Gasteiger partial charge in [-0.3, -0.25) is 9.59 Å². The van der Waals surface area contributed by atoms with Crippen LogP contribution in [0.1, 0.15) is 41.7 Å². The average molecular weight is 290 g/mol. The van der Waals surface area contributed by atoms with Crippen molar-refractivity contribution in [1.29, 1.82) is 0 Å². The van der Waals surface area contributed by atoms with Gasteiger partial charge >= 0.3 is 6.09 Å². The average Bonchev–Trinajstić information content (AvgIpc) is 3.08. The van der Waals surface area contributed by atoms with Gasteiger partial charge < -0.3 is 9.72 Å². The molecule has 0 aliphatic heterocycles. The minimum absolute atomic E-state index is 0.291. The maximum absolute atomic E-state index is 11.5. The first-order chi connectivity index (χ1) is 9.87. The van der Waals surface area contributed by atoms with Crippen LogP contribution in [-0.2, 0) is 4.74 Å². The number of aromatic amines is 1. The van der Waals surface area contributed by atoms with Gasteiger partial charge in [0.05, 0.1) is 11.4 Å². The molecule has 112 valence electrons. The molecule has 0 aliphatic rings. The number of nitrogens with one attached hydrogen (secondary N) is 1. The highest BCUT2D eigenvalue weighted by Gasteiger charge is 2.18. The lowest BCUT2D eigenvalue weighted by Crippen LogP contribution is -2.27. The summed E-state index contributed by atoms with van der Waals surface area (Å²) in [6, 6.07) is 6.67. The van der Waals surface area contributed by atoms with Gasteiger partial charge in [0, 0.05) is 12.4 Å². The fraction of sp³-hybridized carbons (Fsp3) is 0.267. The van der Waals surface area contributed by atoms with Crippen molar-refractivity contribution in [3.05, 3.63) is 48.0 Å². The third-order valence-electron chi connectivity index (χ3n) is 2.24. The molecule has 0 spiro atoms. The van der Waals surface area contributed by atoms with Gasteiger partial charge in [0.25, 0.3) is 0 Å². The Morgan fingerprint density at radius 1 is 1.19 bits per heavy atom. The summed E-state index contributed by atoms with van der Waals surface area (Å²) >= 11 is 0. The second-order valence-corrected chi connectivity index (χ2v) is 5.14. The van der Waals surface area contributed by atoms with Crippen LogP contribution in [0.3, 0.4) is 0 Å². The van der Waals surface area contributed by atoms with Crippen molar-refractivity contribution in [3.63, 3.8) is 0 Å². The molecule has 2 rings (SSSR count). The molecule has 6 heteroatoms. The van der Waals surface area contributed by atoms with E-state index in [1.54, 1.807) is 51.2 Å². The summed E-state index contributed by atoms with van der Waals surface area (Å²) < 4.78 is 6.27. The van der Waals surface area contributed by atoms with Crippen LogP contribution in [-0.4, -0.2) is 33.8 Å². The van der Waals surface area contributed by atoms with Crippen molar-refractivity contribution in [2.45, 2.75) is 26.4 Å². The van der Waals surface area contributed by atoms with E-state index in [0.29, 0.717) is 17.7 Å². The van der Waals surface area contributed by atoms with E-state index in [9.17, 15) is 14.4 Å². The summed E-state index contributed by atoms with van der Waals surface area (Å²) in [5, 5.41) is 0. The number of ether oxygens (including phenoxy) is 1. The van der Waals surface area contributed by atoms with Gasteiger partial charge in [-0.2, -0.15) is 0 Å².